The summed E-state index contributed by atoms with van der Waals surface area (Å²) in [6.45, 7) is 19.3. The Morgan fingerprint density at radius 2 is 1.77 bits per heavy atom. The van der Waals surface area contributed by atoms with Crippen LogP contribution < -0.4 is 5.32 Å². The maximum absolute atomic E-state index is 13.3. The topological polar surface area (TPSA) is 54.9 Å². The molecule has 0 spiro atoms. The zero-order valence-electron chi connectivity index (χ0n) is 25.2. The monoisotopic (exact) mass is 543 g/mol. The number of aromatic nitrogens is 2. The minimum atomic E-state index is -0.0806. The Kier molecular flexibility index (Phi) is 13.2. The van der Waals surface area contributed by atoms with E-state index in [0.717, 1.165) is 57.9 Å². The highest BCUT2D eigenvalue weighted by atomic mass is 32.2. The number of hydrogen-bond acceptors (Lipinski definition) is 4. The molecule has 0 aromatic carbocycles. The minimum absolute atomic E-state index is 0.0806. The molecule has 0 aliphatic heterocycles. The molecule has 0 saturated carbocycles. The van der Waals surface area contributed by atoms with Crippen molar-refractivity contribution < 1.29 is 4.79 Å². The molecule has 2 aromatic heterocycles. The van der Waals surface area contributed by atoms with Crippen LogP contribution >= 0.6 is 11.8 Å². The van der Waals surface area contributed by atoms with E-state index in [9.17, 15) is 4.79 Å². The van der Waals surface area contributed by atoms with E-state index >= 15 is 0 Å². The number of nitrogens with one attached hydrogen (secondary N) is 1. The zero-order chi connectivity index (χ0) is 28.9. The van der Waals surface area contributed by atoms with Crippen molar-refractivity contribution in [3.63, 3.8) is 0 Å². The summed E-state index contributed by atoms with van der Waals surface area (Å²) >= 11 is 1.51. The minimum Gasteiger partial charge on any atom is -0.347 e. The number of amides is 1. The number of thioether (sulfide) groups is 1. The van der Waals surface area contributed by atoms with Gasteiger partial charge in [0.2, 0.25) is 0 Å². The first-order chi connectivity index (χ1) is 18.6. The van der Waals surface area contributed by atoms with Crippen LogP contribution in [0.4, 0.5) is 0 Å². The van der Waals surface area contributed by atoms with Gasteiger partial charge in [-0.05, 0) is 90.1 Å². The predicted molar refractivity (Wildman–Crippen MR) is 170 cm³/mol. The average Bonchev–Trinajstić information content (AvgIpc) is 2.92. The molecule has 0 bridgehead atoms. The Morgan fingerprint density at radius 1 is 1.05 bits per heavy atom. The molecule has 0 aliphatic carbocycles. The highest BCUT2D eigenvalue weighted by molar-refractivity contribution is 8.12. The van der Waals surface area contributed by atoms with Crippen molar-refractivity contribution in [1.29, 1.82) is 0 Å². The van der Waals surface area contributed by atoms with Gasteiger partial charge in [-0.1, -0.05) is 79.6 Å². The first kappa shape index (κ1) is 32.0. The smallest absolute Gasteiger partial charge is 0.257 e. The normalized spacial score (nSPS) is 13.9. The summed E-state index contributed by atoms with van der Waals surface area (Å²) in [5.74, 6) is -0.0806. The van der Waals surface area contributed by atoms with Gasteiger partial charge in [-0.2, -0.15) is 0 Å². The van der Waals surface area contributed by atoms with Crippen LogP contribution in [-0.4, -0.2) is 15.9 Å². The van der Waals surface area contributed by atoms with Crippen LogP contribution in [0.3, 0.4) is 0 Å². The summed E-state index contributed by atoms with van der Waals surface area (Å²) in [7, 11) is 0. The number of allylic oxidation sites excluding steroid dienone is 8. The fourth-order valence-corrected chi connectivity index (χ4v) is 5.15. The third kappa shape index (κ3) is 9.50. The van der Waals surface area contributed by atoms with Crippen LogP contribution in [0.1, 0.15) is 95.9 Å². The van der Waals surface area contributed by atoms with Gasteiger partial charge in [0.15, 0.2) is 0 Å². The third-order valence-electron chi connectivity index (χ3n) is 6.65. The quantitative estimate of drug-likeness (QED) is 0.214. The van der Waals surface area contributed by atoms with E-state index < -0.39 is 0 Å². The molecule has 5 heteroatoms. The van der Waals surface area contributed by atoms with Crippen molar-refractivity contribution in [2.45, 2.75) is 88.1 Å². The molecule has 0 aliphatic rings. The molecule has 1 N–H and O–H groups in total. The molecule has 1 amide bonds. The average molecular weight is 544 g/mol. The molecular formula is C34H45N3OS. The standard InChI is InChI=1S/C34H45N3OS/c1-10-15-29(20-25(7)23(5)12-3)32-26(8)19-28(21-35-32)22-36-34(38)31(16-11-2)39-33(24(6)13-4)30-18-14-17-27(9)37-30/h10,14-21H,11-13,22H2,1-9H3,(H,36,38)/b15-10-,25-23+,29-20+,31-16+,33-24?. The van der Waals surface area contributed by atoms with Gasteiger partial charge in [-0.25, -0.2) is 0 Å². The zero-order valence-corrected chi connectivity index (χ0v) is 26.1. The van der Waals surface area contributed by atoms with Gasteiger partial charge in [-0.15, -0.1) is 0 Å². The molecule has 0 radical (unpaired) electrons. The highest BCUT2D eigenvalue weighted by Gasteiger charge is 2.17. The number of carbonyl (C=O) groups excluding carboxylic acids is 1. The van der Waals surface area contributed by atoms with Crippen molar-refractivity contribution >= 4 is 28.1 Å². The lowest BCUT2D eigenvalue weighted by Gasteiger charge is -2.15. The van der Waals surface area contributed by atoms with Crippen molar-refractivity contribution in [1.82, 2.24) is 15.3 Å². The van der Waals surface area contributed by atoms with Crippen LogP contribution in [0.5, 0.6) is 0 Å². The second-order valence-electron chi connectivity index (χ2n) is 9.81. The summed E-state index contributed by atoms with van der Waals surface area (Å²) < 4.78 is 0. The molecule has 0 fully saturated rings. The molecule has 208 valence electrons. The molecule has 0 unspecified atom stereocenters. The van der Waals surface area contributed by atoms with E-state index in [1.165, 1.54) is 28.5 Å². The van der Waals surface area contributed by atoms with Crippen molar-refractivity contribution in [2.24, 2.45) is 0 Å². The number of pyridine rings is 2. The summed E-state index contributed by atoms with van der Waals surface area (Å²) in [5.41, 5.74) is 9.84. The van der Waals surface area contributed by atoms with Gasteiger partial charge >= 0.3 is 0 Å². The van der Waals surface area contributed by atoms with Crippen molar-refractivity contribution in [3.05, 3.63) is 105 Å². The number of aryl methyl sites for hydroxylation is 2. The summed E-state index contributed by atoms with van der Waals surface area (Å²) in [5, 5.41) is 3.12. The summed E-state index contributed by atoms with van der Waals surface area (Å²) in [4.78, 5) is 24.6. The molecule has 2 rings (SSSR count). The fourth-order valence-electron chi connectivity index (χ4n) is 3.98. The van der Waals surface area contributed by atoms with Gasteiger partial charge in [0.1, 0.15) is 0 Å². The maximum Gasteiger partial charge on any atom is 0.257 e. The summed E-state index contributed by atoms with van der Waals surface area (Å²) in [6.07, 6.45) is 12.9. The van der Waals surface area contributed by atoms with Crippen molar-refractivity contribution in [2.75, 3.05) is 0 Å². The van der Waals surface area contributed by atoms with Gasteiger partial charge in [0.25, 0.3) is 5.91 Å². The van der Waals surface area contributed by atoms with Gasteiger partial charge in [-0.3, -0.25) is 14.8 Å². The van der Waals surface area contributed by atoms with E-state index in [0.29, 0.717) is 11.4 Å². The first-order valence-electron chi connectivity index (χ1n) is 13.9. The largest absolute Gasteiger partial charge is 0.347 e. The first-order valence-corrected chi connectivity index (χ1v) is 14.7. The Balaban J connectivity index is 2.26. The number of rotatable bonds is 12. The second-order valence-corrected chi connectivity index (χ2v) is 10.9. The number of nitrogens with zero attached hydrogens (tertiary/aromatic N) is 2. The second kappa shape index (κ2) is 16.0. The Hall–Kier alpha value is -3.18. The predicted octanol–water partition coefficient (Wildman–Crippen LogP) is 9.28. The van der Waals surface area contributed by atoms with Gasteiger partial charge < -0.3 is 5.32 Å². The molecule has 2 heterocycles. The van der Waals surface area contributed by atoms with Crippen LogP contribution in [0.15, 0.2) is 76.4 Å². The molecule has 2 aromatic rings. The number of hydrogen-bond donors (Lipinski definition) is 1. The van der Waals surface area contributed by atoms with E-state index in [-0.39, 0.29) is 5.91 Å². The molecule has 0 saturated heterocycles. The maximum atomic E-state index is 13.3. The van der Waals surface area contributed by atoms with E-state index in [2.05, 4.69) is 72.0 Å². The Bertz CT molecular complexity index is 1310. The lowest BCUT2D eigenvalue weighted by Crippen LogP contribution is -2.23. The number of carbonyl (C=O) groups is 1. The Morgan fingerprint density at radius 3 is 2.36 bits per heavy atom. The lowest BCUT2D eigenvalue weighted by molar-refractivity contribution is -0.117. The van der Waals surface area contributed by atoms with E-state index in [1.807, 2.05) is 50.4 Å². The van der Waals surface area contributed by atoms with Crippen LogP contribution in [0.2, 0.25) is 0 Å². The van der Waals surface area contributed by atoms with Crippen molar-refractivity contribution in [3.8, 4) is 0 Å². The Labute approximate surface area is 240 Å². The highest BCUT2D eigenvalue weighted by Crippen LogP contribution is 2.37. The molecule has 4 nitrogen and oxygen atoms in total. The molecular weight excluding hydrogens is 498 g/mol. The van der Waals surface area contributed by atoms with E-state index in [1.54, 1.807) is 0 Å². The molecule has 0 atom stereocenters. The van der Waals surface area contributed by atoms with Crippen LogP contribution in [-0.2, 0) is 11.3 Å². The lowest BCUT2D eigenvalue weighted by atomic mass is 10.00. The van der Waals surface area contributed by atoms with Crippen LogP contribution in [0, 0.1) is 13.8 Å². The molecule has 39 heavy (non-hydrogen) atoms. The fraction of sp³-hybridized carbons (Fsp3) is 0.382. The van der Waals surface area contributed by atoms with Gasteiger partial charge in [0.05, 0.1) is 16.3 Å². The van der Waals surface area contributed by atoms with Crippen LogP contribution in [0.25, 0.3) is 10.5 Å². The van der Waals surface area contributed by atoms with E-state index in [4.69, 9.17) is 9.97 Å². The van der Waals surface area contributed by atoms with Gasteiger partial charge in [0, 0.05) is 28.9 Å². The summed E-state index contributed by atoms with van der Waals surface area (Å²) in [6, 6.07) is 8.14. The SMILES string of the molecule is C\C=C/C(=C\C(C)=C(/C)CC)c1ncc(CNC(=O)/C(=C\CC)SC(=C(C)CC)c2cccc(C)n2)cc1C. The third-order valence-corrected chi connectivity index (χ3v) is 7.98.